The molecule has 3 aromatic heterocycles. The largest absolute Gasteiger partial charge is 0.493 e. The third kappa shape index (κ3) is 14.4. The minimum Gasteiger partial charge on any atom is -0.493 e. The maximum atomic E-state index is 12.6. The second kappa shape index (κ2) is 23.8. The number of aromatic nitrogens is 3. The van der Waals surface area contributed by atoms with Crippen LogP contribution < -0.4 is 15.8 Å². The van der Waals surface area contributed by atoms with Gasteiger partial charge in [0.05, 0.1) is 44.6 Å². The van der Waals surface area contributed by atoms with E-state index in [4.69, 9.17) is 10.5 Å². The number of benzene rings is 5. The van der Waals surface area contributed by atoms with Gasteiger partial charge < -0.3 is 20.9 Å². The maximum Gasteiger partial charge on any atom is 0.296 e. The van der Waals surface area contributed by atoms with Crippen LogP contribution in [0, 0.1) is 25.2 Å². The molecular weight excluding hydrogens is 1300 g/mol. The highest BCUT2D eigenvalue weighted by Gasteiger charge is 2.29. The number of carbonyl (C=O) groups is 1. The molecule has 5 aromatic carbocycles. The highest BCUT2D eigenvalue weighted by Crippen LogP contribution is 2.46. The summed E-state index contributed by atoms with van der Waals surface area (Å²) in [5.74, 6) is -2.94. The van der Waals surface area contributed by atoms with Gasteiger partial charge in [0, 0.05) is 39.9 Å². The quantitative estimate of drug-likeness (QED) is 0.0107. The van der Waals surface area contributed by atoms with Gasteiger partial charge in [-0.3, -0.25) is 36.5 Å². The molecule has 0 aliphatic carbocycles. The van der Waals surface area contributed by atoms with E-state index < -0.39 is 125 Å². The number of carbonyl (C=O) groups excluding carboxylic acids is 1. The first-order chi connectivity index (χ1) is 39.8. The van der Waals surface area contributed by atoms with E-state index in [2.05, 4.69) is 46.0 Å². The number of nitrogens with zero attached hydrogens (tertiary/aromatic N) is 10. The molecule has 0 aliphatic rings. The van der Waals surface area contributed by atoms with Crippen molar-refractivity contribution in [3.05, 3.63) is 71.3 Å². The number of nitrogens with one attached hydrogen (secondary N) is 1. The van der Waals surface area contributed by atoms with Crippen molar-refractivity contribution in [2.24, 2.45) is 30.7 Å². The van der Waals surface area contributed by atoms with E-state index in [1.807, 2.05) is 6.07 Å². The standard InChI is InChI=1S/C45H40N12O21S8/c1-20-10-31(53-55-39-21(2)27(19-46)43-49-40-33(57(43)44(39)59)11-23(48-22(3)58)12-37(40)85(72,73)74)34(78-6-4-8-81(60,61)62)17-29(20)51-54-32-16-28(47)30(18-35(32)79-7-5-9-82(63,64)65)52-56-45-50-41-38(86(75,76)77)15-25-26(42(41)80-45)13-24(83(66,67)68)14-36(25)84(69,70)71/h10-18,59H,4-9,47H2,1-3H3,(H,48,58)(H,60,61,62)(H,63,64,65)(H,66,67,68)(H,69,70,71)(H,72,73,74)(H,75,76,77). The summed E-state index contributed by atoms with van der Waals surface area (Å²) in [6, 6.07) is 11.0. The van der Waals surface area contributed by atoms with Crippen LogP contribution in [-0.2, 0) is 65.5 Å². The lowest BCUT2D eigenvalue weighted by molar-refractivity contribution is -0.114. The predicted molar refractivity (Wildman–Crippen MR) is 307 cm³/mol. The number of nitrogen functional groups attached to an aromatic ring is 1. The summed E-state index contributed by atoms with van der Waals surface area (Å²) >= 11 is 1.46. The van der Waals surface area contributed by atoms with E-state index in [9.17, 15) is 93.0 Å². The van der Waals surface area contributed by atoms with Gasteiger partial charge in [0.1, 0.15) is 60.2 Å². The number of rotatable bonds is 21. The minimum absolute atomic E-state index is 0.000177. The Morgan fingerprint density at radius 1 is 0.698 bits per heavy atom. The number of hydrogen-bond donors (Lipinski definition) is 9. The Labute approximate surface area is 493 Å². The van der Waals surface area contributed by atoms with Crippen molar-refractivity contribution >= 4 is 172 Å². The molecular formula is C45H40N12O21S8. The zero-order valence-electron chi connectivity index (χ0n) is 43.6. The first-order valence-corrected chi connectivity index (χ1v) is 34.3. The highest BCUT2D eigenvalue weighted by atomic mass is 32.2. The predicted octanol–water partition coefficient (Wildman–Crippen LogP) is 8.24. The van der Waals surface area contributed by atoms with Crippen molar-refractivity contribution in [1.82, 2.24) is 14.4 Å². The summed E-state index contributed by atoms with van der Waals surface area (Å²) in [6.45, 7) is 3.64. The Hall–Kier alpha value is -7.83. The van der Waals surface area contributed by atoms with Crippen LogP contribution in [0.2, 0.25) is 0 Å². The molecule has 33 nitrogen and oxygen atoms in total. The summed E-state index contributed by atoms with van der Waals surface area (Å²) in [5, 5.41) is 48.4. The monoisotopic (exact) mass is 1340 g/mol. The fraction of sp³-hybridized carbons (Fsp3) is 0.200. The van der Waals surface area contributed by atoms with Gasteiger partial charge in [0.25, 0.3) is 60.7 Å². The van der Waals surface area contributed by atoms with Gasteiger partial charge in [-0.2, -0.15) is 60.9 Å². The van der Waals surface area contributed by atoms with Crippen molar-refractivity contribution in [1.29, 1.82) is 5.26 Å². The number of aromatic hydroxyl groups is 1. The topological polar surface area (TPSA) is 539 Å². The zero-order valence-corrected chi connectivity index (χ0v) is 50.1. The Morgan fingerprint density at radius 3 is 1.93 bits per heavy atom. The second-order valence-electron chi connectivity index (χ2n) is 18.1. The fourth-order valence-electron chi connectivity index (χ4n) is 8.18. The lowest BCUT2D eigenvalue weighted by atomic mass is 10.1. The number of pyridine rings is 1. The molecule has 0 radical (unpaired) electrons. The van der Waals surface area contributed by atoms with E-state index in [0.717, 1.165) is 35.2 Å². The number of imidazole rings is 1. The van der Waals surface area contributed by atoms with Crippen molar-refractivity contribution in [2.75, 3.05) is 34.9 Å². The number of thiazole rings is 1. The van der Waals surface area contributed by atoms with Crippen molar-refractivity contribution in [3.63, 3.8) is 0 Å². The summed E-state index contributed by atoms with van der Waals surface area (Å²) < 4.78 is 211. The van der Waals surface area contributed by atoms with Crippen molar-refractivity contribution in [2.45, 2.75) is 58.1 Å². The third-order valence-electron chi connectivity index (χ3n) is 11.9. The number of nitriles is 1. The number of azo groups is 3. The summed E-state index contributed by atoms with van der Waals surface area (Å²) in [5.41, 5.74) is 4.07. The molecule has 0 spiro atoms. The van der Waals surface area contributed by atoms with Crippen LogP contribution in [0.3, 0.4) is 0 Å². The number of anilines is 2. The molecule has 3 heterocycles. The van der Waals surface area contributed by atoms with E-state index in [-0.39, 0.29) is 114 Å². The minimum atomic E-state index is -5.34. The lowest BCUT2D eigenvalue weighted by Crippen LogP contribution is -2.08. The molecule has 0 aliphatic heterocycles. The molecule has 0 saturated heterocycles. The van der Waals surface area contributed by atoms with Gasteiger partial charge in [-0.15, -0.1) is 37.3 Å². The van der Waals surface area contributed by atoms with E-state index in [0.29, 0.717) is 23.5 Å². The third-order valence-corrected chi connectivity index (χ3v) is 19.1. The smallest absolute Gasteiger partial charge is 0.296 e. The van der Waals surface area contributed by atoms with E-state index in [1.54, 1.807) is 0 Å². The first-order valence-electron chi connectivity index (χ1n) is 23.5. The molecule has 1 amide bonds. The molecule has 0 bridgehead atoms. The van der Waals surface area contributed by atoms with Crippen LogP contribution in [0.4, 0.5) is 44.9 Å². The number of nitrogens with two attached hydrogens (primary N) is 1. The molecule has 0 atom stereocenters. The Kier molecular flexibility index (Phi) is 17.8. The average Bonchev–Trinajstić information content (AvgIpc) is 1.51. The lowest BCUT2D eigenvalue weighted by Gasteiger charge is -2.12. The van der Waals surface area contributed by atoms with Gasteiger partial charge in [0.2, 0.25) is 16.9 Å². The summed E-state index contributed by atoms with van der Waals surface area (Å²) in [6.07, 6.45) is -0.375. The van der Waals surface area contributed by atoms with Crippen LogP contribution in [0.25, 0.3) is 37.7 Å². The molecule has 41 heteroatoms. The summed E-state index contributed by atoms with van der Waals surface area (Å²) in [4.78, 5) is 16.5. The van der Waals surface area contributed by atoms with Crippen LogP contribution in [0.1, 0.15) is 36.5 Å². The molecule has 10 N–H and O–H groups in total. The number of hydrogen-bond acceptors (Lipinski definition) is 27. The van der Waals surface area contributed by atoms with Crippen LogP contribution in [0.5, 0.6) is 11.6 Å². The number of aryl methyl sites for hydroxylation is 1. The van der Waals surface area contributed by atoms with Crippen molar-refractivity contribution in [3.8, 4) is 17.7 Å². The molecule has 0 unspecified atom stereocenters. The van der Waals surface area contributed by atoms with Crippen LogP contribution >= 0.6 is 23.1 Å². The molecule has 8 rings (SSSR count). The van der Waals surface area contributed by atoms with Crippen LogP contribution in [0.15, 0.2) is 110 Å². The Morgan fingerprint density at radius 2 is 1.31 bits per heavy atom. The van der Waals surface area contributed by atoms with E-state index in [1.165, 1.54) is 44.2 Å². The molecule has 86 heavy (non-hydrogen) atoms. The van der Waals surface area contributed by atoms with Crippen LogP contribution in [-0.4, -0.2) is 127 Å². The number of ether oxygens (including phenoxy) is 1. The summed E-state index contributed by atoms with van der Waals surface area (Å²) in [7, 11) is -29.7. The Balaban J connectivity index is 1.21. The molecule has 0 saturated carbocycles. The van der Waals surface area contributed by atoms with Gasteiger partial charge in [-0.25, -0.2) is 9.97 Å². The number of amides is 1. The zero-order chi connectivity index (χ0) is 63.4. The average molecular weight is 1340 g/mol. The van der Waals surface area contributed by atoms with Gasteiger partial charge in [-0.1, -0.05) is 11.3 Å². The SMILES string of the molecule is CC(=O)Nc1cc(S(=O)(=O)O)c2nc3c(C#N)c(C)c(N=Nc4cc(C)c(N=Nc5cc(N)c(N=Nc6nc7c(S(=O)(=O)O)cc8c(S(=O)(=O)O)cc(S(=O)(=O)O)cc8c7s6)cc5SCCCS(=O)(=O)O)cc4OCCCS(=O)(=O)O)c(O)n3c2c1. The Bertz CT molecular complexity index is 5090. The fourth-order valence-corrected chi connectivity index (χ4v) is 14.0. The maximum absolute atomic E-state index is 12.6. The number of thioether (sulfide) groups is 1. The van der Waals surface area contributed by atoms with Gasteiger partial charge in [0.15, 0.2) is 11.3 Å². The van der Waals surface area contributed by atoms with E-state index >= 15 is 0 Å². The first kappa shape index (κ1) is 64.2. The molecule has 0 fully saturated rings. The highest BCUT2D eigenvalue weighted by molar-refractivity contribution is 7.99. The van der Waals surface area contributed by atoms with Gasteiger partial charge >= 0.3 is 0 Å². The van der Waals surface area contributed by atoms with Gasteiger partial charge in [-0.05, 0) is 86.5 Å². The normalized spacial score (nSPS) is 13.1. The number of fused-ring (bicyclic) bond motifs is 6. The second-order valence-corrected chi connectivity index (χ2v) is 29.0. The molecule has 8 aromatic rings. The molecule has 454 valence electrons. The van der Waals surface area contributed by atoms with Crippen molar-refractivity contribution < 1.29 is 92.5 Å².